The van der Waals surface area contributed by atoms with Crippen LogP contribution in [0.25, 0.3) is 0 Å². The average molecular weight is 279 g/mol. The first kappa shape index (κ1) is 15.1. The Kier molecular flexibility index (Phi) is 5.24. The van der Waals surface area contributed by atoms with Crippen LogP contribution in [0.5, 0.6) is 0 Å². The van der Waals surface area contributed by atoms with E-state index in [0.29, 0.717) is 17.3 Å². The van der Waals surface area contributed by atoms with E-state index in [1.165, 1.54) is 31.9 Å². The summed E-state index contributed by atoms with van der Waals surface area (Å²) >= 11 is 0. The fourth-order valence-electron chi connectivity index (χ4n) is 2.84. The molecule has 112 valence electrons. The van der Waals surface area contributed by atoms with E-state index in [4.69, 9.17) is 5.73 Å². The van der Waals surface area contributed by atoms with E-state index >= 15 is 0 Å². The third kappa shape index (κ3) is 3.85. The van der Waals surface area contributed by atoms with Crippen LogP contribution in [-0.2, 0) is 0 Å². The second-order valence-corrected chi connectivity index (χ2v) is 5.85. The number of nitrogens with two attached hydrogens (primary N) is 1. The number of anilines is 2. The molecule has 3 N–H and O–H groups in total. The molecule has 3 nitrogen and oxygen atoms in total. The van der Waals surface area contributed by atoms with Gasteiger partial charge in [-0.05, 0) is 57.4 Å². The molecule has 1 aliphatic heterocycles. The Morgan fingerprint density at radius 2 is 2.20 bits per heavy atom. The number of halogens is 1. The summed E-state index contributed by atoms with van der Waals surface area (Å²) in [7, 11) is 0. The largest absolute Gasteiger partial charge is 0.397 e. The van der Waals surface area contributed by atoms with Gasteiger partial charge < -0.3 is 16.0 Å². The van der Waals surface area contributed by atoms with Crippen LogP contribution in [0.2, 0.25) is 0 Å². The van der Waals surface area contributed by atoms with Crippen molar-refractivity contribution in [2.75, 3.05) is 30.7 Å². The van der Waals surface area contributed by atoms with Gasteiger partial charge in [-0.3, -0.25) is 0 Å². The molecular weight excluding hydrogens is 253 g/mol. The number of hydrogen-bond acceptors (Lipinski definition) is 3. The van der Waals surface area contributed by atoms with Gasteiger partial charge in [0.15, 0.2) is 0 Å². The zero-order chi connectivity index (χ0) is 14.5. The van der Waals surface area contributed by atoms with E-state index in [-0.39, 0.29) is 5.82 Å². The minimum atomic E-state index is -0.241. The van der Waals surface area contributed by atoms with Crippen molar-refractivity contribution in [2.45, 2.75) is 45.6 Å². The molecule has 1 aliphatic rings. The highest BCUT2D eigenvalue weighted by Gasteiger charge is 2.17. The summed E-state index contributed by atoms with van der Waals surface area (Å²) in [5.74, 6) is -0.241. The molecule has 0 aliphatic carbocycles. The fourth-order valence-corrected chi connectivity index (χ4v) is 2.84. The lowest BCUT2D eigenvalue weighted by atomic mass is 10.0. The highest BCUT2D eigenvalue weighted by atomic mass is 19.1. The first-order chi connectivity index (χ1) is 9.58. The van der Waals surface area contributed by atoms with Crippen LogP contribution in [0.4, 0.5) is 15.8 Å². The number of hydrogen-bond donors (Lipinski definition) is 2. The van der Waals surface area contributed by atoms with Crippen LogP contribution in [0.1, 0.15) is 38.2 Å². The van der Waals surface area contributed by atoms with Crippen molar-refractivity contribution in [1.29, 1.82) is 0 Å². The number of nitrogen functional groups attached to an aromatic ring is 1. The van der Waals surface area contributed by atoms with Crippen LogP contribution in [0.3, 0.4) is 0 Å². The second-order valence-electron chi connectivity index (χ2n) is 5.85. The lowest BCUT2D eigenvalue weighted by molar-refractivity contribution is 0.160. The van der Waals surface area contributed by atoms with Crippen molar-refractivity contribution in [1.82, 2.24) is 4.90 Å². The summed E-state index contributed by atoms with van der Waals surface area (Å²) in [6.07, 6.45) is 5.08. The summed E-state index contributed by atoms with van der Waals surface area (Å²) in [5.41, 5.74) is 7.78. The van der Waals surface area contributed by atoms with Gasteiger partial charge in [0.05, 0.1) is 11.4 Å². The lowest BCUT2D eigenvalue weighted by Gasteiger charge is -2.33. The summed E-state index contributed by atoms with van der Waals surface area (Å²) in [6, 6.07) is 3.89. The molecule has 0 saturated carbocycles. The molecule has 0 radical (unpaired) electrons. The Morgan fingerprint density at radius 1 is 1.40 bits per heavy atom. The Morgan fingerprint density at radius 3 is 2.95 bits per heavy atom. The SMILES string of the molecule is Cc1cc(NCCCN2CCCCC2C)c(N)cc1F. The molecule has 4 heteroatoms. The van der Waals surface area contributed by atoms with Crippen molar-refractivity contribution >= 4 is 11.4 Å². The number of nitrogens with zero attached hydrogens (tertiary/aromatic N) is 1. The first-order valence-corrected chi connectivity index (χ1v) is 7.61. The highest BCUT2D eigenvalue weighted by Crippen LogP contribution is 2.22. The molecule has 1 aromatic carbocycles. The Bertz CT molecular complexity index is 448. The van der Waals surface area contributed by atoms with Gasteiger partial charge in [0.1, 0.15) is 5.82 Å². The van der Waals surface area contributed by atoms with Crippen LogP contribution in [0.15, 0.2) is 12.1 Å². The molecular formula is C16H26FN3. The molecule has 1 heterocycles. The second kappa shape index (κ2) is 6.93. The number of piperidine rings is 1. The summed E-state index contributed by atoms with van der Waals surface area (Å²) in [4.78, 5) is 2.56. The fraction of sp³-hybridized carbons (Fsp3) is 0.625. The molecule has 1 fully saturated rings. The zero-order valence-electron chi connectivity index (χ0n) is 12.6. The third-order valence-corrected chi connectivity index (χ3v) is 4.21. The highest BCUT2D eigenvalue weighted by molar-refractivity contribution is 5.67. The van der Waals surface area contributed by atoms with Crippen molar-refractivity contribution < 1.29 is 4.39 Å². The lowest BCUT2D eigenvalue weighted by Crippen LogP contribution is -2.38. The van der Waals surface area contributed by atoms with Gasteiger partial charge in [-0.15, -0.1) is 0 Å². The van der Waals surface area contributed by atoms with Crippen LogP contribution in [-0.4, -0.2) is 30.6 Å². The van der Waals surface area contributed by atoms with Gasteiger partial charge >= 0.3 is 0 Å². The van der Waals surface area contributed by atoms with Gasteiger partial charge in [0.25, 0.3) is 0 Å². The van der Waals surface area contributed by atoms with E-state index in [0.717, 1.165) is 25.2 Å². The van der Waals surface area contributed by atoms with E-state index in [1.807, 2.05) is 0 Å². The van der Waals surface area contributed by atoms with E-state index in [1.54, 1.807) is 13.0 Å². The number of likely N-dealkylation sites (tertiary alicyclic amines) is 1. The summed E-state index contributed by atoms with van der Waals surface area (Å²) in [6.45, 7) is 7.29. The van der Waals surface area contributed by atoms with Crippen LogP contribution >= 0.6 is 0 Å². The predicted molar refractivity (Wildman–Crippen MR) is 83.5 cm³/mol. The molecule has 1 unspecified atom stereocenters. The monoisotopic (exact) mass is 279 g/mol. The van der Waals surface area contributed by atoms with E-state index in [2.05, 4.69) is 17.1 Å². The number of benzene rings is 1. The van der Waals surface area contributed by atoms with Gasteiger partial charge in [-0.25, -0.2) is 4.39 Å². The normalized spacial score (nSPS) is 20.1. The molecule has 2 rings (SSSR count). The Hall–Kier alpha value is -1.29. The van der Waals surface area contributed by atoms with Crippen LogP contribution < -0.4 is 11.1 Å². The summed E-state index contributed by atoms with van der Waals surface area (Å²) < 4.78 is 13.3. The van der Waals surface area contributed by atoms with E-state index < -0.39 is 0 Å². The molecule has 1 aromatic rings. The first-order valence-electron chi connectivity index (χ1n) is 7.61. The van der Waals surface area contributed by atoms with Gasteiger partial charge in [0, 0.05) is 19.1 Å². The predicted octanol–water partition coefficient (Wildman–Crippen LogP) is 3.39. The maximum Gasteiger partial charge on any atom is 0.128 e. The van der Waals surface area contributed by atoms with Gasteiger partial charge in [-0.1, -0.05) is 6.42 Å². The quantitative estimate of drug-likeness (QED) is 0.641. The molecule has 1 atom stereocenters. The standard InChI is InChI=1S/C16H26FN3/c1-12-10-16(15(18)11-14(12)17)19-7-5-9-20-8-4-3-6-13(20)2/h10-11,13,19H,3-9,18H2,1-2H3. The number of rotatable bonds is 5. The smallest absolute Gasteiger partial charge is 0.128 e. The molecule has 0 aromatic heterocycles. The number of nitrogens with one attached hydrogen (secondary N) is 1. The molecule has 0 spiro atoms. The van der Waals surface area contributed by atoms with Gasteiger partial charge in [0.2, 0.25) is 0 Å². The maximum atomic E-state index is 13.3. The molecule has 0 amide bonds. The zero-order valence-corrected chi connectivity index (χ0v) is 12.6. The minimum absolute atomic E-state index is 0.241. The van der Waals surface area contributed by atoms with Crippen molar-refractivity contribution in [3.63, 3.8) is 0 Å². The molecule has 20 heavy (non-hydrogen) atoms. The van der Waals surface area contributed by atoms with Crippen molar-refractivity contribution in [3.05, 3.63) is 23.5 Å². The summed E-state index contributed by atoms with van der Waals surface area (Å²) in [5, 5.41) is 3.32. The third-order valence-electron chi connectivity index (χ3n) is 4.21. The Balaban J connectivity index is 1.77. The molecule has 0 bridgehead atoms. The average Bonchev–Trinajstić information content (AvgIpc) is 2.42. The van der Waals surface area contributed by atoms with E-state index in [9.17, 15) is 4.39 Å². The Labute approximate surface area is 121 Å². The van der Waals surface area contributed by atoms with Crippen LogP contribution in [0, 0.1) is 12.7 Å². The maximum absolute atomic E-state index is 13.3. The topological polar surface area (TPSA) is 41.3 Å². The van der Waals surface area contributed by atoms with Gasteiger partial charge in [-0.2, -0.15) is 0 Å². The minimum Gasteiger partial charge on any atom is -0.397 e. The van der Waals surface area contributed by atoms with Crippen molar-refractivity contribution in [3.8, 4) is 0 Å². The van der Waals surface area contributed by atoms with Crippen molar-refractivity contribution in [2.24, 2.45) is 0 Å². The molecule has 1 saturated heterocycles. The number of aryl methyl sites for hydroxylation is 1.